The third kappa shape index (κ3) is 2.25. The summed E-state index contributed by atoms with van der Waals surface area (Å²) in [5, 5.41) is 11.6. The molecule has 112 valence electrons. The van der Waals surface area contributed by atoms with Crippen molar-refractivity contribution in [1.29, 1.82) is 0 Å². The molecule has 0 aromatic heterocycles. The molecule has 0 fully saturated rings. The second-order valence-electron chi connectivity index (χ2n) is 5.16. The van der Waals surface area contributed by atoms with E-state index in [-0.39, 0.29) is 5.91 Å². The van der Waals surface area contributed by atoms with Crippen LogP contribution in [0.4, 0.5) is 5.69 Å². The van der Waals surface area contributed by atoms with Crippen LogP contribution in [0.15, 0.2) is 48.5 Å². The molecule has 3 rings (SSSR count). The van der Waals surface area contributed by atoms with Crippen molar-refractivity contribution in [1.82, 2.24) is 5.32 Å². The molecule has 1 aliphatic heterocycles. The van der Waals surface area contributed by atoms with Crippen LogP contribution in [-0.2, 0) is 9.59 Å². The van der Waals surface area contributed by atoms with Crippen molar-refractivity contribution in [3.8, 4) is 11.1 Å². The number of carbonyl (C=O) groups excluding carboxylic acids is 2. The van der Waals surface area contributed by atoms with Crippen LogP contribution in [0.5, 0.6) is 0 Å². The van der Waals surface area contributed by atoms with Crippen molar-refractivity contribution in [2.45, 2.75) is 6.04 Å². The number of aliphatic hydroxyl groups is 1. The second kappa shape index (κ2) is 5.61. The molecular weight excluding hydrogens is 280 g/mol. The predicted molar refractivity (Wildman–Crippen MR) is 83.3 cm³/mol. The van der Waals surface area contributed by atoms with E-state index >= 15 is 0 Å². The number of fused-ring (bicyclic) bond motifs is 3. The number of anilines is 1. The molecule has 2 amide bonds. The number of hydrogen-bond acceptors (Lipinski definition) is 3. The van der Waals surface area contributed by atoms with E-state index in [1.807, 2.05) is 48.5 Å². The van der Waals surface area contributed by atoms with Gasteiger partial charge in [-0.05, 0) is 17.2 Å². The highest BCUT2D eigenvalue weighted by Crippen LogP contribution is 2.39. The monoisotopic (exact) mass is 296 g/mol. The summed E-state index contributed by atoms with van der Waals surface area (Å²) < 4.78 is 0. The first-order valence-electron chi connectivity index (χ1n) is 6.99. The lowest BCUT2D eigenvalue weighted by molar-refractivity contribution is -0.129. The van der Waals surface area contributed by atoms with Crippen LogP contribution in [0.1, 0.15) is 11.6 Å². The number of nitrogens with one attached hydrogen (secondary N) is 1. The quantitative estimate of drug-likeness (QED) is 0.882. The van der Waals surface area contributed by atoms with E-state index in [1.54, 1.807) is 7.05 Å². The fraction of sp³-hybridized carbons (Fsp3) is 0.176. The smallest absolute Gasteiger partial charge is 0.253 e. The van der Waals surface area contributed by atoms with Crippen LogP contribution in [0, 0.1) is 0 Å². The molecule has 0 bridgehead atoms. The van der Waals surface area contributed by atoms with Crippen LogP contribution in [-0.4, -0.2) is 30.6 Å². The molecule has 1 unspecified atom stereocenters. The molecule has 22 heavy (non-hydrogen) atoms. The Balaban J connectivity index is 2.21. The van der Waals surface area contributed by atoms with Crippen LogP contribution >= 0.6 is 0 Å². The molecule has 0 saturated heterocycles. The highest BCUT2D eigenvalue weighted by molar-refractivity contribution is 6.05. The summed E-state index contributed by atoms with van der Waals surface area (Å²) in [6, 6.07) is 14.3. The summed E-state index contributed by atoms with van der Waals surface area (Å²) in [5.74, 6) is -0.813. The maximum absolute atomic E-state index is 12.8. The largest absolute Gasteiger partial charge is 0.387 e. The normalized spacial score (nSPS) is 16.5. The van der Waals surface area contributed by atoms with Gasteiger partial charge in [0.1, 0.15) is 12.6 Å². The van der Waals surface area contributed by atoms with E-state index in [1.165, 1.54) is 4.90 Å². The number of hydrogen-bond donors (Lipinski definition) is 2. The lowest BCUT2D eigenvalue weighted by Gasteiger charge is -2.22. The van der Waals surface area contributed by atoms with Gasteiger partial charge < -0.3 is 15.3 Å². The summed E-state index contributed by atoms with van der Waals surface area (Å²) in [6.45, 7) is -0.650. The number of nitrogens with zero attached hydrogens (tertiary/aromatic N) is 1. The number of likely N-dealkylation sites (N-methyl/N-ethyl adjacent to an activating group) is 1. The Morgan fingerprint density at radius 2 is 1.77 bits per heavy atom. The van der Waals surface area contributed by atoms with E-state index < -0.39 is 18.6 Å². The predicted octanol–water partition coefficient (Wildman–Crippen LogP) is 1.48. The molecule has 0 aliphatic carbocycles. The standard InChI is InChI=1S/C17H16N2O3/c1-19-14-9-5-4-7-12(14)11-6-2-3-8-13(11)16(17(19)22)18-15(21)10-20/h2-9,16,20H,10H2,1H3,(H,18,21). The molecule has 0 saturated carbocycles. The summed E-state index contributed by atoms with van der Waals surface area (Å²) >= 11 is 0. The zero-order valence-electron chi connectivity index (χ0n) is 12.1. The van der Waals surface area contributed by atoms with Crippen LogP contribution < -0.4 is 10.2 Å². The highest BCUT2D eigenvalue weighted by Gasteiger charge is 2.32. The van der Waals surface area contributed by atoms with E-state index in [0.717, 1.165) is 22.4 Å². The van der Waals surface area contributed by atoms with Crippen molar-refractivity contribution < 1.29 is 14.7 Å². The first-order valence-corrected chi connectivity index (χ1v) is 6.99. The maximum Gasteiger partial charge on any atom is 0.253 e. The van der Waals surface area contributed by atoms with Gasteiger partial charge >= 0.3 is 0 Å². The molecule has 0 radical (unpaired) electrons. The van der Waals surface area contributed by atoms with Gasteiger partial charge in [0.15, 0.2) is 0 Å². The number of benzene rings is 2. The van der Waals surface area contributed by atoms with Crippen LogP contribution in [0.25, 0.3) is 11.1 Å². The zero-order valence-corrected chi connectivity index (χ0v) is 12.1. The van der Waals surface area contributed by atoms with Crippen molar-refractivity contribution in [2.75, 3.05) is 18.6 Å². The number of amides is 2. The lowest BCUT2D eigenvalue weighted by Crippen LogP contribution is -2.41. The molecule has 1 aliphatic rings. The van der Waals surface area contributed by atoms with Gasteiger partial charge in [0.25, 0.3) is 5.91 Å². The Kier molecular flexibility index (Phi) is 3.65. The maximum atomic E-state index is 12.8. The Morgan fingerprint density at radius 1 is 1.14 bits per heavy atom. The first-order chi connectivity index (χ1) is 10.6. The molecule has 2 N–H and O–H groups in total. The molecule has 5 heteroatoms. The van der Waals surface area contributed by atoms with Gasteiger partial charge in [-0.3, -0.25) is 9.59 Å². The number of aliphatic hydroxyl groups excluding tert-OH is 1. The van der Waals surface area contributed by atoms with Crippen LogP contribution in [0.3, 0.4) is 0 Å². The third-order valence-electron chi connectivity index (χ3n) is 3.85. The fourth-order valence-electron chi connectivity index (χ4n) is 2.78. The first kappa shape index (κ1) is 14.3. The van der Waals surface area contributed by atoms with E-state index in [2.05, 4.69) is 5.32 Å². The second-order valence-corrected chi connectivity index (χ2v) is 5.16. The molecule has 1 heterocycles. The third-order valence-corrected chi connectivity index (χ3v) is 3.85. The Bertz CT molecular complexity index is 742. The van der Waals surface area contributed by atoms with Crippen LogP contribution in [0.2, 0.25) is 0 Å². The topological polar surface area (TPSA) is 69.6 Å². The molecule has 1 atom stereocenters. The number of para-hydroxylation sites is 1. The van der Waals surface area contributed by atoms with Crippen molar-refractivity contribution in [2.24, 2.45) is 0 Å². The van der Waals surface area contributed by atoms with Gasteiger partial charge in [0.2, 0.25) is 5.91 Å². The zero-order chi connectivity index (χ0) is 15.7. The van der Waals surface area contributed by atoms with Crippen molar-refractivity contribution in [3.05, 3.63) is 54.1 Å². The fourth-order valence-corrected chi connectivity index (χ4v) is 2.78. The SMILES string of the molecule is CN1C(=O)C(NC(=O)CO)c2ccccc2-c2ccccc21. The average Bonchev–Trinajstić information content (AvgIpc) is 2.65. The minimum absolute atomic E-state index is 0.237. The van der Waals surface area contributed by atoms with E-state index in [0.29, 0.717) is 0 Å². The van der Waals surface area contributed by atoms with E-state index in [9.17, 15) is 9.59 Å². The minimum Gasteiger partial charge on any atom is -0.387 e. The average molecular weight is 296 g/mol. The Hall–Kier alpha value is -2.66. The highest BCUT2D eigenvalue weighted by atomic mass is 16.3. The number of rotatable bonds is 2. The summed E-state index contributed by atoms with van der Waals surface area (Å²) in [5.41, 5.74) is 3.36. The molecular formula is C17H16N2O3. The summed E-state index contributed by atoms with van der Waals surface area (Å²) in [7, 11) is 1.69. The van der Waals surface area contributed by atoms with Gasteiger partial charge in [-0.1, -0.05) is 42.5 Å². The van der Waals surface area contributed by atoms with Crippen molar-refractivity contribution in [3.63, 3.8) is 0 Å². The molecule has 0 spiro atoms. The summed E-state index contributed by atoms with van der Waals surface area (Å²) in [6.07, 6.45) is 0. The lowest BCUT2D eigenvalue weighted by atomic mass is 9.95. The van der Waals surface area contributed by atoms with Gasteiger partial charge in [-0.25, -0.2) is 0 Å². The van der Waals surface area contributed by atoms with Gasteiger partial charge in [0.05, 0.1) is 5.69 Å². The Morgan fingerprint density at radius 3 is 2.50 bits per heavy atom. The number of carbonyl (C=O) groups is 2. The Labute approximate surface area is 128 Å². The molecule has 2 aromatic rings. The van der Waals surface area contributed by atoms with Gasteiger partial charge in [-0.15, -0.1) is 0 Å². The molecule has 2 aromatic carbocycles. The van der Waals surface area contributed by atoms with Crippen molar-refractivity contribution >= 4 is 17.5 Å². The molecule has 5 nitrogen and oxygen atoms in total. The van der Waals surface area contributed by atoms with Gasteiger partial charge in [-0.2, -0.15) is 0 Å². The minimum atomic E-state index is -0.812. The van der Waals surface area contributed by atoms with E-state index in [4.69, 9.17) is 5.11 Å². The summed E-state index contributed by atoms with van der Waals surface area (Å²) in [4.78, 5) is 25.9. The van der Waals surface area contributed by atoms with Gasteiger partial charge in [0, 0.05) is 12.6 Å².